The molecular formula is C6H13ClMg. The van der Waals surface area contributed by atoms with Gasteiger partial charge in [-0.05, 0) is 0 Å². The van der Waals surface area contributed by atoms with Crippen LogP contribution in [-0.2, 0) is 0 Å². The quantitative estimate of drug-likeness (QED) is 0.412. The number of halogens is 1. The first kappa shape index (κ1) is 9.06. The Morgan fingerprint density at radius 2 is 2.00 bits per heavy atom. The number of unbranched alkanes of at least 4 members (excludes halogenated alkanes) is 3. The van der Waals surface area contributed by atoms with E-state index in [1.54, 1.807) is 0 Å². The largest absolute Gasteiger partial charge is 0.501 e. The number of rotatable bonds is 5. The lowest BCUT2D eigenvalue weighted by Crippen LogP contribution is -1.78. The van der Waals surface area contributed by atoms with Crippen molar-refractivity contribution in [1.29, 1.82) is 0 Å². The molecule has 0 saturated heterocycles. The van der Waals surface area contributed by atoms with E-state index >= 15 is 0 Å². The molecule has 0 saturated carbocycles. The van der Waals surface area contributed by atoms with Crippen LogP contribution in [0.4, 0.5) is 0 Å². The predicted octanol–water partition coefficient (Wildman–Crippen LogP) is 2.84. The van der Waals surface area contributed by atoms with Crippen LogP contribution in [0.25, 0.3) is 0 Å². The van der Waals surface area contributed by atoms with Crippen LogP contribution < -0.4 is 0 Å². The molecule has 8 heavy (non-hydrogen) atoms. The van der Waals surface area contributed by atoms with Crippen LogP contribution in [0.2, 0.25) is 4.55 Å². The summed E-state index contributed by atoms with van der Waals surface area (Å²) in [5.74, 6) is 0. The topological polar surface area (TPSA) is 0 Å². The van der Waals surface area contributed by atoms with E-state index < -0.39 is 0 Å². The Hall–Kier alpha value is 1.06. The maximum Gasteiger partial charge on any atom is 0.501 e. The maximum atomic E-state index is 5.62. The van der Waals surface area contributed by atoms with E-state index in [1.807, 2.05) is 0 Å². The molecule has 0 fully saturated rings. The summed E-state index contributed by atoms with van der Waals surface area (Å²) in [5.41, 5.74) is 0. The number of hydrogen-bond donors (Lipinski definition) is 0. The first-order valence-electron chi connectivity index (χ1n) is 3.47. The molecule has 0 radical (unpaired) electrons. The second kappa shape index (κ2) is 8.06. The third-order valence-corrected chi connectivity index (χ3v) is 2.81. The highest BCUT2D eigenvalue weighted by Gasteiger charge is 1.89. The summed E-state index contributed by atoms with van der Waals surface area (Å²) < 4.78 is 1.33. The van der Waals surface area contributed by atoms with Crippen LogP contribution in [0.15, 0.2) is 0 Å². The van der Waals surface area contributed by atoms with Gasteiger partial charge in [-0.15, -0.1) is 4.55 Å². The average Bonchev–Trinajstić information content (AvgIpc) is 1.81. The van der Waals surface area contributed by atoms with Crippen LogP contribution >= 0.6 is 9.07 Å². The molecule has 46 valence electrons. The SMILES string of the molecule is CCCCC[CH2][Mg][Cl]. The maximum absolute atomic E-state index is 5.62. The highest BCUT2D eigenvalue weighted by Crippen LogP contribution is 2.02. The minimum absolute atomic E-state index is 0.142. The van der Waals surface area contributed by atoms with E-state index in [0.717, 1.165) is 0 Å². The predicted molar refractivity (Wildman–Crippen MR) is 40.6 cm³/mol. The van der Waals surface area contributed by atoms with Crippen LogP contribution in [0.1, 0.15) is 32.6 Å². The molecule has 0 atom stereocenters. The third-order valence-electron chi connectivity index (χ3n) is 1.24. The normalized spacial score (nSPS) is 8.75. The molecule has 0 nitrogen and oxygen atoms in total. The lowest BCUT2D eigenvalue weighted by atomic mass is 10.2. The third kappa shape index (κ3) is 7.06. The summed E-state index contributed by atoms with van der Waals surface area (Å²) in [7, 11) is 5.62. The molecule has 0 bridgehead atoms. The van der Waals surface area contributed by atoms with Crippen LogP contribution in [0.5, 0.6) is 0 Å². The summed E-state index contributed by atoms with van der Waals surface area (Å²) in [6.45, 7) is 2.23. The fourth-order valence-corrected chi connectivity index (χ4v) is 1.81. The van der Waals surface area contributed by atoms with Crippen molar-refractivity contribution in [3.05, 3.63) is 0 Å². The first-order chi connectivity index (χ1) is 3.91. The summed E-state index contributed by atoms with van der Waals surface area (Å²) in [6.07, 6.45) is 5.51. The van der Waals surface area contributed by atoms with Crippen LogP contribution in [0, 0.1) is 0 Å². The first-order valence-corrected chi connectivity index (χ1v) is 6.61. The molecule has 0 heterocycles. The van der Waals surface area contributed by atoms with E-state index in [4.69, 9.17) is 9.07 Å². The van der Waals surface area contributed by atoms with E-state index in [2.05, 4.69) is 6.92 Å². The molecule has 2 heteroatoms. The van der Waals surface area contributed by atoms with Gasteiger partial charge in [-0.3, -0.25) is 0 Å². The molecule has 0 aromatic carbocycles. The van der Waals surface area contributed by atoms with Crippen molar-refractivity contribution in [3.8, 4) is 0 Å². The van der Waals surface area contributed by atoms with Gasteiger partial charge in [-0.1, -0.05) is 32.6 Å². The van der Waals surface area contributed by atoms with Gasteiger partial charge in [0.25, 0.3) is 0 Å². The fourth-order valence-electron chi connectivity index (χ4n) is 0.698. The van der Waals surface area contributed by atoms with Gasteiger partial charge in [0.2, 0.25) is 0 Å². The second-order valence-corrected chi connectivity index (χ2v) is 4.32. The van der Waals surface area contributed by atoms with Crippen LogP contribution in [-0.4, -0.2) is 19.3 Å². The Bertz CT molecular complexity index is 33.5. The molecule has 0 aliphatic carbocycles. The van der Waals surface area contributed by atoms with Gasteiger partial charge in [0.15, 0.2) is 0 Å². The second-order valence-electron chi connectivity index (χ2n) is 2.10. The molecule has 0 aromatic heterocycles. The van der Waals surface area contributed by atoms with Crippen molar-refractivity contribution in [1.82, 2.24) is 0 Å². The van der Waals surface area contributed by atoms with Crippen molar-refractivity contribution in [3.63, 3.8) is 0 Å². The zero-order valence-corrected chi connectivity index (χ0v) is 7.79. The zero-order chi connectivity index (χ0) is 6.24. The van der Waals surface area contributed by atoms with Gasteiger partial charge < -0.3 is 9.07 Å². The van der Waals surface area contributed by atoms with Crippen molar-refractivity contribution in [2.45, 2.75) is 37.2 Å². The molecule has 0 spiro atoms. The monoisotopic (exact) mass is 144 g/mol. The lowest BCUT2D eigenvalue weighted by molar-refractivity contribution is 0.701. The van der Waals surface area contributed by atoms with Crippen molar-refractivity contribution in [2.24, 2.45) is 0 Å². The Kier molecular flexibility index (Phi) is 9.12. The molecule has 0 rings (SSSR count). The van der Waals surface area contributed by atoms with Gasteiger partial charge in [0.1, 0.15) is 0 Å². The lowest BCUT2D eigenvalue weighted by Gasteiger charge is -1.92. The molecule has 0 unspecified atom stereocenters. The molecule has 0 aliphatic heterocycles. The van der Waals surface area contributed by atoms with E-state index in [-0.39, 0.29) is 19.3 Å². The Morgan fingerprint density at radius 1 is 1.25 bits per heavy atom. The van der Waals surface area contributed by atoms with Crippen LogP contribution in [0.3, 0.4) is 0 Å². The highest BCUT2D eigenvalue weighted by atomic mass is 35.5. The zero-order valence-electron chi connectivity index (χ0n) is 5.62. The molecule has 0 amide bonds. The Balaban J connectivity index is 2.53. The van der Waals surface area contributed by atoms with Crippen molar-refractivity contribution in [2.75, 3.05) is 0 Å². The molecule has 0 aliphatic rings. The molecule has 0 N–H and O–H groups in total. The summed E-state index contributed by atoms with van der Waals surface area (Å²) in [6, 6.07) is 0. The number of hydrogen-bond acceptors (Lipinski definition) is 0. The van der Waals surface area contributed by atoms with E-state index in [0.29, 0.717) is 0 Å². The minimum Gasteiger partial charge on any atom is -0.346 e. The van der Waals surface area contributed by atoms with Gasteiger partial charge in [0.05, 0.1) is 0 Å². The smallest absolute Gasteiger partial charge is 0.346 e. The highest BCUT2D eigenvalue weighted by molar-refractivity contribution is 6.93. The molecule has 0 aromatic rings. The Morgan fingerprint density at radius 3 is 2.50 bits per heavy atom. The van der Waals surface area contributed by atoms with Gasteiger partial charge in [-0.25, -0.2) is 0 Å². The molecular weight excluding hydrogens is 132 g/mol. The summed E-state index contributed by atoms with van der Waals surface area (Å²) in [5, 5.41) is 0. The average molecular weight is 145 g/mol. The van der Waals surface area contributed by atoms with Gasteiger partial charge >= 0.3 is 19.3 Å². The standard InChI is InChI=1S/C6H13.ClH.Mg/c1-3-5-6-4-2;;/h1,3-6H2,2H3;1H;/q;;+1/p-1. The van der Waals surface area contributed by atoms with E-state index in [1.165, 1.54) is 30.2 Å². The fraction of sp³-hybridized carbons (Fsp3) is 1.00. The van der Waals surface area contributed by atoms with Gasteiger partial charge in [-0.2, -0.15) is 0 Å². The van der Waals surface area contributed by atoms with Gasteiger partial charge in [0, 0.05) is 0 Å². The van der Waals surface area contributed by atoms with E-state index in [9.17, 15) is 0 Å². The summed E-state index contributed by atoms with van der Waals surface area (Å²) in [4.78, 5) is 0. The van der Waals surface area contributed by atoms with Crippen molar-refractivity contribution < 1.29 is 0 Å². The Labute approximate surface area is 65.5 Å². The van der Waals surface area contributed by atoms with Crippen molar-refractivity contribution >= 4 is 28.3 Å². The minimum atomic E-state index is -0.142. The summed E-state index contributed by atoms with van der Waals surface area (Å²) >= 11 is -0.142.